The second-order valence-corrected chi connectivity index (χ2v) is 5.50. The first-order valence-corrected chi connectivity index (χ1v) is 7.45. The Labute approximate surface area is 130 Å². The SMILES string of the molecule is CCN(CC(C)C(N)=S)c1nccc2c(OC)cccc12. The second-order valence-electron chi connectivity index (χ2n) is 5.03. The quantitative estimate of drug-likeness (QED) is 0.831. The Morgan fingerprint density at radius 3 is 2.76 bits per heavy atom. The number of hydrogen-bond donors (Lipinski definition) is 1. The van der Waals surface area contributed by atoms with Crippen LogP contribution in [0.5, 0.6) is 5.75 Å². The van der Waals surface area contributed by atoms with Crippen LogP contribution < -0.4 is 15.4 Å². The molecule has 5 heteroatoms. The molecule has 0 aliphatic carbocycles. The van der Waals surface area contributed by atoms with E-state index in [-0.39, 0.29) is 5.92 Å². The highest BCUT2D eigenvalue weighted by molar-refractivity contribution is 7.80. The van der Waals surface area contributed by atoms with Gasteiger partial charge in [0.25, 0.3) is 0 Å². The lowest BCUT2D eigenvalue weighted by Crippen LogP contribution is -2.34. The van der Waals surface area contributed by atoms with E-state index in [4.69, 9.17) is 22.7 Å². The van der Waals surface area contributed by atoms with Gasteiger partial charge in [-0.15, -0.1) is 0 Å². The summed E-state index contributed by atoms with van der Waals surface area (Å²) in [5, 5.41) is 2.14. The van der Waals surface area contributed by atoms with Crippen LogP contribution >= 0.6 is 12.2 Å². The molecule has 4 nitrogen and oxygen atoms in total. The molecule has 0 aliphatic heterocycles. The number of nitrogens with two attached hydrogens (primary N) is 1. The average Bonchev–Trinajstić information content (AvgIpc) is 2.51. The number of methoxy groups -OCH3 is 1. The van der Waals surface area contributed by atoms with Crippen LogP contribution in [0, 0.1) is 5.92 Å². The monoisotopic (exact) mass is 303 g/mol. The van der Waals surface area contributed by atoms with Crippen LogP contribution in [0.4, 0.5) is 5.82 Å². The van der Waals surface area contributed by atoms with Crippen LogP contribution in [0.3, 0.4) is 0 Å². The zero-order valence-electron chi connectivity index (χ0n) is 12.7. The van der Waals surface area contributed by atoms with Crippen molar-refractivity contribution >= 4 is 33.8 Å². The molecule has 0 fully saturated rings. The van der Waals surface area contributed by atoms with Crippen LogP contribution in [0.25, 0.3) is 10.8 Å². The van der Waals surface area contributed by atoms with E-state index < -0.39 is 0 Å². The third-order valence-electron chi connectivity index (χ3n) is 3.63. The smallest absolute Gasteiger partial charge is 0.136 e. The lowest BCUT2D eigenvalue weighted by Gasteiger charge is -2.26. The zero-order chi connectivity index (χ0) is 15.4. The Hall–Kier alpha value is -1.88. The van der Waals surface area contributed by atoms with Crippen LogP contribution in [-0.4, -0.2) is 30.2 Å². The summed E-state index contributed by atoms with van der Waals surface area (Å²) in [7, 11) is 1.68. The van der Waals surface area contributed by atoms with Gasteiger partial charge in [0.2, 0.25) is 0 Å². The van der Waals surface area contributed by atoms with E-state index in [9.17, 15) is 0 Å². The van der Waals surface area contributed by atoms with Gasteiger partial charge in [0.1, 0.15) is 11.6 Å². The van der Waals surface area contributed by atoms with E-state index in [0.29, 0.717) is 4.99 Å². The van der Waals surface area contributed by atoms with Gasteiger partial charge >= 0.3 is 0 Å². The van der Waals surface area contributed by atoms with Gasteiger partial charge in [-0.3, -0.25) is 0 Å². The Morgan fingerprint density at radius 1 is 1.38 bits per heavy atom. The number of aromatic nitrogens is 1. The predicted molar refractivity (Wildman–Crippen MR) is 92.1 cm³/mol. The van der Waals surface area contributed by atoms with Gasteiger partial charge in [-0.2, -0.15) is 0 Å². The summed E-state index contributed by atoms with van der Waals surface area (Å²) >= 11 is 5.08. The highest BCUT2D eigenvalue weighted by Gasteiger charge is 2.16. The molecule has 0 amide bonds. The Bertz CT molecular complexity index is 644. The van der Waals surface area contributed by atoms with E-state index in [2.05, 4.69) is 22.9 Å². The molecule has 1 unspecified atom stereocenters. The largest absolute Gasteiger partial charge is 0.496 e. The number of ether oxygens (including phenoxy) is 1. The van der Waals surface area contributed by atoms with Crippen LogP contribution in [-0.2, 0) is 0 Å². The summed E-state index contributed by atoms with van der Waals surface area (Å²) in [4.78, 5) is 7.29. The van der Waals surface area contributed by atoms with Crippen LogP contribution in [0.2, 0.25) is 0 Å². The van der Waals surface area contributed by atoms with Crippen molar-refractivity contribution in [3.05, 3.63) is 30.5 Å². The van der Waals surface area contributed by atoms with Gasteiger partial charge in [0, 0.05) is 36.0 Å². The van der Waals surface area contributed by atoms with Gasteiger partial charge in [-0.1, -0.05) is 31.3 Å². The predicted octanol–water partition coefficient (Wildman–Crippen LogP) is 2.99. The van der Waals surface area contributed by atoms with Crippen molar-refractivity contribution in [1.82, 2.24) is 4.98 Å². The first kappa shape index (κ1) is 15.5. The number of rotatable bonds is 6. The number of anilines is 1. The minimum Gasteiger partial charge on any atom is -0.496 e. The first-order chi connectivity index (χ1) is 10.1. The molecular formula is C16H21N3OS. The number of fused-ring (bicyclic) bond motifs is 1. The Balaban J connectivity index is 2.46. The normalized spacial score (nSPS) is 12.1. The summed E-state index contributed by atoms with van der Waals surface area (Å²) < 4.78 is 5.43. The molecule has 112 valence electrons. The van der Waals surface area contributed by atoms with Crippen molar-refractivity contribution in [3.8, 4) is 5.75 Å². The molecule has 1 aromatic heterocycles. The molecular weight excluding hydrogens is 282 g/mol. The molecule has 0 radical (unpaired) electrons. The van der Waals surface area contributed by atoms with Gasteiger partial charge in [0.05, 0.1) is 12.1 Å². The molecule has 0 spiro atoms. The van der Waals surface area contributed by atoms with Crippen molar-refractivity contribution in [1.29, 1.82) is 0 Å². The highest BCUT2D eigenvalue weighted by Crippen LogP contribution is 2.31. The topological polar surface area (TPSA) is 51.4 Å². The van der Waals surface area contributed by atoms with Crippen LogP contribution in [0.15, 0.2) is 30.5 Å². The van der Waals surface area contributed by atoms with Crippen LogP contribution in [0.1, 0.15) is 13.8 Å². The van der Waals surface area contributed by atoms with E-state index >= 15 is 0 Å². The number of nitrogens with zero attached hydrogens (tertiary/aromatic N) is 2. The average molecular weight is 303 g/mol. The Kier molecular flexibility index (Phi) is 4.96. The van der Waals surface area contributed by atoms with Crippen molar-refractivity contribution in [2.24, 2.45) is 11.7 Å². The van der Waals surface area contributed by atoms with Crippen molar-refractivity contribution in [3.63, 3.8) is 0 Å². The lowest BCUT2D eigenvalue weighted by atomic mass is 10.1. The maximum atomic E-state index is 5.74. The number of pyridine rings is 1. The third-order valence-corrected chi connectivity index (χ3v) is 4.03. The van der Waals surface area contributed by atoms with E-state index in [1.807, 2.05) is 31.3 Å². The number of benzene rings is 1. The molecule has 2 aromatic rings. The Morgan fingerprint density at radius 2 is 2.14 bits per heavy atom. The van der Waals surface area contributed by atoms with Crippen molar-refractivity contribution < 1.29 is 4.74 Å². The summed E-state index contributed by atoms with van der Waals surface area (Å²) in [6, 6.07) is 7.98. The maximum Gasteiger partial charge on any atom is 0.136 e. The first-order valence-electron chi connectivity index (χ1n) is 7.04. The molecule has 0 aliphatic rings. The molecule has 21 heavy (non-hydrogen) atoms. The van der Waals surface area contributed by atoms with E-state index in [1.165, 1.54) is 0 Å². The molecule has 1 heterocycles. The van der Waals surface area contributed by atoms with E-state index in [0.717, 1.165) is 35.4 Å². The minimum atomic E-state index is 0.141. The molecule has 0 saturated heterocycles. The van der Waals surface area contributed by atoms with Gasteiger partial charge in [-0.05, 0) is 19.1 Å². The summed E-state index contributed by atoms with van der Waals surface area (Å²) in [6.07, 6.45) is 1.81. The fourth-order valence-electron chi connectivity index (χ4n) is 2.38. The van der Waals surface area contributed by atoms with E-state index in [1.54, 1.807) is 7.11 Å². The van der Waals surface area contributed by atoms with Gasteiger partial charge in [-0.25, -0.2) is 4.98 Å². The molecule has 1 aromatic carbocycles. The fourth-order valence-corrected chi connectivity index (χ4v) is 2.45. The lowest BCUT2D eigenvalue weighted by molar-refractivity contribution is 0.420. The van der Waals surface area contributed by atoms with Crippen molar-refractivity contribution in [2.45, 2.75) is 13.8 Å². The summed E-state index contributed by atoms with van der Waals surface area (Å²) in [6.45, 7) is 5.75. The maximum absolute atomic E-state index is 5.74. The number of hydrogen-bond acceptors (Lipinski definition) is 4. The summed E-state index contributed by atoms with van der Waals surface area (Å²) in [5.41, 5.74) is 5.74. The molecule has 2 N–H and O–H groups in total. The number of thiocarbonyl (C=S) groups is 1. The van der Waals surface area contributed by atoms with Crippen molar-refractivity contribution in [2.75, 3.05) is 25.1 Å². The standard InChI is InChI=1S/C16H21N3OS/c1-4-19(10-11(2)15(17)21)16-13-6-5-7-14(20-3)12(13)8-9-18-16/h5-9,11H,4,10H2,1-3H3,(H2,17,21). The second kappa shape index (κ2) is 6.72. The van der Waals surface area contributed by atoms with Gasteiger partial charge < -0.3 is 15.4 Å². The molecule has 0 saturated carbocycles. The molecule has 1 atom stereocenters. The van der Waals surface area contributed by atoms with Gasteiger partial charge in [0.15, 0.2) is 0 Å². The molecule has 2 rings (SSSR count). The molecule has 0 bridgehead atoms. The fraction of sp³-hybridized carbons (Fsp3) is 0.375. The third kappa shape index (κ3) is 3.24. The zero-order valence-corrected chi connectivity index (χ0v) is 13.5. The summed E-state index contributed by atoms with van der Waals surface area (Å²) in [5.74, 6) is 1.94. The minimum absolute atomic E-state index is 0.141. The highest BCUT2D eigenvalue weighted by atomic mass is 32.1.